The normalized spacial score (nSPS) is 10.3. The summed E-state index contributed by atoms with van der Waals surface area (Å²) in [4.78, 5) is 13.4. The Kier molecular flexibility index (Phi) is 3.52. The molecule has 0 saturated carbocycles. The minimum atomic E-state index is -0.607. The quantitative estimate of drug-likeness (QED) is 0.590. The predicted octanol–water partition coefficient (Wildman–Crippen LogP) is 1.44. The molecule has 7 heteroatoms. The molecular formula is C11H12N4O3. The van der Waals surface area contributed by atoms with Crippen molar-refractivity contribution < 1.29 is 9.66 Å². The van der Waals surface area contributed by atoms with Crippen molar-refractivity contribution in [1.82, 2.24) is 14.8 Å². The largest absolute Gasteiger partial charge is 0.497 e. The average Bonchev–Trinajstić information content (AvgIpc) is 2.86. The molecule has 0 aliphatic heterocycles. The molecular weight excluding hydrogens is 236 g/mol. The van der Waals surface area contributed by atoms with Gasteiger partial charge in [-0.2, -0.15) is 4.68 Å². The Bertz CT molecular complexity index is 535. The van der Waals surface area contributed by atoms with Gasteiger partial charge < -0.3 is 14.9 Å². The number of hydrogen-bond donors (Lipinski definition) is 0. The molecule has 1 aromatic heterocycles. The molecule has 0 aliphatic carbocycles. The molecule has 2 aromatic rings. The van der Waals surface area contributed by atoms with Crippen molar-refractivity contribution in [3.8, 4) is 5.75 Å². The molecule has 18 heavy (non-hydrogen) atoms. The number of aromatic nitrogens is 3. The Morgan fingerprint density at radius 1 is 1.39 bits per heavy atom. The second-order valence-electron chi connectivity index (χ2n) is 3.66. The molecule has 0 N–H and O–H groups in total. The van der Waals surface area contributed by atoms with Gasteiger partial charge in [0.05, 0.1) is 13.7 Å². The van der Waals surface area contributed by atoms with E-state index < -0.39 is 4.92 Å². The Labute approximate surface area is 103 Å². The first kappa shape index (κ1) is 12.0. The summed E-state index contributed by atoms with van der Waals surface area (Å²) in [5.74, 6) is 0.430. The summed E-state index contributed by atoms with van der Waals surface area (Å²) >= 11 is 0. The fraction of sp³-hybridized carbons (Fsp3) is 0.273. The molecule has 2 rings (SSSR count). The van der Waals surface area contributed by atoms with Gasteiger partial charge in [-0.25, -0.2) is 0 Å². The number of aryl methyl sites for hydroxylation is 2. The van der Waals surface area contributed by atoms with E-state index in [-0.39, 0.29) is 5.95 Å². The van der Waals surface area contributed by atoms with Crippen molar-refractivity contribution in [2.75, 3.05) is 7.11 Å². The van der Waals surface area contributed by atoms with Gasteiger partial charge in [-0.15, -0.1) is 0 Å². The van der Waals surface area contributed by atoms with Gasteiger partial charge >= 0.3 is 5.95 Å². The van der Waals surface area contributed by atoms with Gasteiger partial charge in [0, 0.05) is 5.10 Å². The Balaban J connectivity index is 1.95. The van der Waals surface area contributed by atoms with Crippen LogP contribution in [0.15, 0.2) is 30.6 Å². The van der Waals surface area contributed by atoms with Crippen LogP contribution in [0.5, 0.6) is 5.75 Å². The van der Waals surface area contributed by atoms with E-state index in [1.807, 2.05) is 24.3 Å². The molecule has 0 aliphatic rings. The lowest BCUT2D eigenvalue weighted by Gasteiger charge is -2.02. The second kappa shape index (κ2) is 5.26. The smallest absolute Gasteiger partial charge is 0.490 e. The van der Waals surface area contributed by atoms with Crippen molar-refractivity contribution in [3.63, 3.8) is 0 Å². The minimum absolute atomic E-state index is 0.371. The van der Waals surface area contributed by atoms with Crippen LogP contribution in [0.1, 0.15) is 5.56 Å². The number of benzene rings is 1. The third-order valence-electron chi connectivity index (χ3n) is 2.48. The van der Waals surface area contributed by atoms with E-state index in [1.165, 1.54) is 11.0 Å². The van der Waals surface area contributed by atoms with E-state index in [9.17, 15) is 10.1 Å². The Morgan fingerprint density at radius 2 is 2.11 bits per heavy atom. The third-order valence-corrected chi connectivity index (χ3v) is 2.48. The molecule has 0 fully saturated rings. The fourth-order valence-corrected chi connectivity index (χ4v) is 1.51. The van der Waals surface area contributed by atoms with Crippen LogP contribution in [0.25, 0.3) is 0 Å². The molecule has 0 atom stereocenters. The highest BCUT2D eigenvalue weighted by Crippen LogP contribution is 2.12. The minimum Gasteiger partial charge on any atom is -0.497 e. The van der Waals surface area contributed by atoms with Gasteiger partial charge in [0.1, 0.15) is 5.75 Å². The van der Waals surface area contributed by atoms with Crippen molar-refractivity contribution in [3.05, 3.63) is 46.3 Å². The number of nitro groups is 1. The highest BCUT2D eigenvalue weighted by atomic mass is 16.6. The molecule has 94 valence electrons. The topological polar surface area (TPSA) is 83.1 Å². The first-order valence-electron chi connectivity index (χ1n) is 5.36. The van der Waals surface area contributed by atoms with Crippen LogP contribution in [0.3, 0.4) is 0 Å². The first-order chi connectivity index (χ1) is 8.69. The predicted molar refractivity (Wildman–Crippen MR) is 63.4 cm³/mol. The average molecular weight is 248 g/mol. The van der Waals surface area contributed by atoms with Crippen LogP contribution < -0.4 is 4.74 Å². The maximum Gasteiger partial charge on any atom is 0.490 e. The van der Waals surface area contributed by atoms with Gasteiger partial charge in [-0.05, 0) is 29.0 Å². The van der Waals surface area contributed by atoms with Gasteiger partial charge in [-0.3, -0.25) is 0 Å². The zero-order chi connectivity index (χ0) is 13.0. The highest BCUT2D eigenvalue weighted by molar-refractivity contribution is 5.27. The molecule has 0 saturated heterocycles. The maximum atomic E-state index is 10.4. The van der Waals surface area contributed by atoms with Gasteiger partial charge in [0.2, 0.25) is 6.33 Å². The van der Waals surface area contributed by atoms with Crippen LogP contribution in [0.4, 0.5) is 5.95 Å². The molecule has 0 bridgehead atoms. The number of rotatable bonds is 5. The van der Waals surface area contributed by atoms with Gasteiger partial charge in [0.15, 0.2) is 0 Å². The van der Waals surface area contributed by atoms with Crippen molar-refractivity contribution in [2.24, 2.45) is 0 Å². The lowest BCUT2D eigenvalue weighted by atomic mass is 10.1. The summed E-state index contributed by atoms with van der Waals surface area (Å²) in [5, 5.41) is 14.2. The van der Waals surface area contributed by atoms with Gasteiger partial charge in [-0.1, -0.05) is 17.1 Å². The van der Waals surface area contributed by atoms with Crippen molar-refractivity contribution >= 4 is 5.95 Å². The number of methoxy groups -OCH3 is 1. The zero-order valence-electron chi connectivity index (χ0n) is 9.81. The summed E-state index contributed by atoms with van der Waals surface area (Å²) in [6.07, 6.45) is 2.09. The van der Waals surface area contributed by atoms with E-state index in [2.05, 4.69) is 10.1 Å². The van der Waals surface area contributed by atoms with Crippen molar-refractivity contribution in [1.29, 1.82) is 0 Å². The second-order valence-corrected chi connectivity index (χ2v) is 3.66. The molecule has 7 nitrogen and oxygen atoms in total. The maximum absolute atomic E-state index is 10.4. The Morgan fingerprint density at radius 3 is 2.67 bits per heavy atom. The highest BCUT2D eigenvalue weighted by Gasteiger charge is 2.12. The molecule has 1 heterocycles. The van der Waals surface area contributed by atoms with E-state index in [0.29, 0.717) is 6.54 Å². The van der Waals surface area contributed by atoms with Crippen LogP contribution >= 0.6 is 0 Å². The van der Waals surface area contributed by atoms with Crippen LogP contribution in [0, 0.1) is 10.1 Å². The standard InChI is InChI=1S/C11H12N4O3/c1-18-10-4-2-9(3-5-10)6-7-14-8-12-11(13-14)15(16)17/h2-5,8H,6-7H2,1H3. The first-order valence-corrected chi connectivity index (χ1v) is 5.36. The number of hydrogen-bond acceptors (Lipinski definition) is 5. The lowest BCUT2D eigenvalue weighted by Crippen LogP contribution is -2.02. The van der Waals surface area contributed by atoms with Crippen LogP contribution in [0.2, 0.25) is 0 Å². The van der Waals surface area contributed by atoms with Crippen LogP contribution in [-0.4, -0.2) is 26.8 Å². The van der Waals surface area contributed by atoms with E-state index in [1.54, 1.807) is 7.11 Å². The molecule has 0 spiro atoms. The molecule has 0 amide bonds. The zero-order valence-corrected chi connectivity index (χ0v) is 9.81. The summed E-state index contributed by atoms with van der Waals surface area (Å²) in [5.41, 5.74) is 1.11. The summed E-state index contributed by atoms with van der Waals surface area (Å²) in [7, 11) is 1.61. The Hall–Kier alpha value is -2.44. The number of nitrogens with zero attached hydrogens (tertiary/aromatic N) is 4. The van der Waals surface area contributed by atoms with Gasteiger partial charge in [0.25, 0.3) is 0 Å². The van der Waals surface area contributed by atoms with Crippen molar-refractivity contribution in [2.45, 2.75) is 13.0 Å². The summed E-state index contributed by atoms with van der Waals surface area (Å²) in [6.45, 7) is 0.549. The molecule has 0 radical (unpaired) electrons. The van der Waals surface area contributed by atoms with Crippen LogP contribution in [-0.2, 0) is 13.0 Å². The SMILES string of the molecule is COc1ccc(CCn2cnc([N+](=O)[O-])n2)cc1. The van der Waals surface area contributed by atoms with E-state index in [0.717, 1.165) is 17.7 Å². The lowest BCUT2D eigenvalue weighted by molar-refractivity contribution is -0.394. The summed E-state index contributed by atoms with van der Waals surface area (Å²) in [6, 6.07) is 7.65. The fourth-order valence-electron chi connectivity index (χ4n) is 1.51. The monoisotopic (exact) mass is 248 g/mol. The number of ether oxygens (including phenoxy) is 1. The molecule has 1 aromatic carbocycles. The van der Waals surface area contributed by atoms with E-state index in [4.69, 9.17) is 4.74 Å². The third kappa shape index (κ3) is 2.82. The van der Waals surface area contributed by atoms with E-state index >= 15 is 0 Å². The molecule has 0 unspecified atom stereocenters. The summed E-state index contributed by atoms with van der Waals surface area (Å²) < 4.78 is 6.52.